The lowest BCUT2D eigenvalue weighted by Crippen LogP contribution is -2.23. The van der Waals surface area contributed by atoms with E-state index in [-0.39, 0.29) is 5.82 Å². The highest BCUT2D eigenvalue weighted by Gasteiger charge is 2.14. The van der Waals surface area contributed by atoms with E-state index in [2.05, 4.69) is 82.6 Å². The first-order valence-electron chi connectivity index (χ1n) is 13.1. The van der Waals surface area contributed by atoms with E-state index >= 15 is 0 Å². The molecule has 5 rings (SSSR count). The Kier molecular flexibility index (Phi) is 8.59. The monoisotopic (exact) mass is 637 g/mol. The van der Waals surface area contributed by atoms with E-state index in [1.54, 1.807) is 6.20 Å². The fourth-order valence-electron chi connectivity index (χ4n) is 4.76. The van der Waals surface area contributed by atoms with Crippen molar-refractivity contribution in [2.45, 2.75) is 13.3 Å². The van der Waals surface area contributed by atoms with Crippen molar-refractivity contribution >= 4 is 51.3 Å². The average molecular weight is 638 g/mol. The number of nitrogens with one attached hydrogen (secondary N) is 4. The van der Waals surface area contributed by atoms with Gasteiger partial charge in [0.05, 0.1) is 16.7 Å². The van der Waals surface area contributed by atoms with Gasteiger partial charge < -0.3 is 20.5 Å². The molecule has 0 bridgehead atoms. The van der Waals surface area contributed by atoms with Gasteiger partial charge in [-0.25, -0.2) is 4.39 Å². The van der Waals surface area contributed by atoms with Gasteiger partial charge in [-0.15, -0.1) is 0 Å². The highest BCUT2D eigenvalue weighted by Crippen LogP contribution is 2.31. The van der Waals surface area contributed by atoms with E-state index in [1.165, 1.54) is 21.3 Å². The van der Waals surface area contributed by atoms with Crippen LogP contribution in [0.4, 0.5) is 10.1 Å². The van der Waals surface area contributed by atoms with Gasteiger partial charge in [-0.1, -0.05) is 12.2 Å². The lowest BCUT2D eigenvalue weighted by Gasteiger charge is -2.12. The first-order valence-corrected chi connectivity index (χ1v) is 14.2. The number of H-pyrrole nitrogens is 2. The van der Waals surface area contributed by atoms with Gasteiger partial charge in [-0.3, -0.25) is 10.1 Å². The highest BCUT2D eigenvalue weighted by molar-refractivity contribution is 14.1. The third-order valence-corrected chi connectivity index (χ3v) is 7.80. The van der Waals surface area contributed by atoms with Gasteiger partial charge >= 0.3 is 0 Å². The molecule has 0 fully saturated rings. The summed E-state index contributed by atoms with van der Waals surface area (Å²) >= 11 is 2.41. The molecule has 0 atom stereocenters. The Labute approximate surface area is 241 Å². The van der Waals surface area contributed by atoms with Gasteiger partial charge in [0.25, 0.3) is 0 Å². The smallest absolute Gasteiger partial charge is 0.125 e. The SMILES string of the molecule is C\C=c1/c(-c2cc3c(-c4cc(F)cc(NCCN(C)C)c4)nccc3[nH]2)n[nH]/c1=C/C=C(\I)C1=CCNCC1. The Morgan fingerprint density at radius 1 is 1.21 bits per heavy atom. The molecule has 0 radical (unpaired) electrons. The Bertz CT molecular complexity index is 1660. The molecule has 4 N–H and O–H groups in total. The van der Waals surface area contributed by atoms with E-state index in [0.29, 0.717) is 0 Å². The maximum absolute atomic E-state index is 14.6. The number of fused-ring (bicyclic) bond motifs is 1. The predicted molar refractivity (Wildman–Crippen MR) is 168 cm³/mol. The number of allylic oxidation sites excluding steroid dienone is 2. The predicted octanol–water partition coefficient (Wildman–Crippen LogP) is 4.55. The summed E-state index contributed by atoms with van der Waals surface area (Å²) in [5, 5.41) is 17.4. The van der Waals surface area contributed by atoms with E-state index in [1.807, 2.05) is 39.2 Å². The lowest BCUT2D eigenvalue weighted by molar-refractivity contribution is 0.425. The number of anilines is 1. The molecule has 39 heavy (non-hydrogen) atoms. The summed E-state index contributed by atoms with van der Waals surface area (Å²) in [5.41, 5.74) is 6.19. The van der Waals surface area contributed by atoms with Crippen molar-refractivity contribution in [1.29, 1.82) is 0 Å². The van der Waals surface area contributed by atoms with Gasteiger partial charge in [0.1, 0.15) is 11.5 Å². The number of hydrogen-bond acceptors (Lipinski definition) is 5. The first kappa shape index (κ1) is 27.3. The molecule has 0 saturated heterocycles. The number of benzene rings is 1. The molecule has 3 aromatic heterocycles. The molecule has 1 aliphatic heterocycles. The maximum atomic E-state index is 14.6. The van der Waals surface area contributed by atoms with Crippen LogP contribution in [-0.2, 0) is 0 Å². The van der Waals surface area contributed by atoms with Gasteiger partial charge in [0, 0.05) is 56.8 Å². The van der Waals surface area contributed by atoms with Crippen molar-refractivity contribution < 1.29 is 4.39 Å². The van der Waals surface area contributed by atoms with Crippen LogP contribution in [0.25, 0.3) is 45.7 Å². The molecule has 0 aliphatic carbocycles. The summed E-state index contributed by atoms with van der Waals surface area (Å²) in [7, 11) is 4.03. The number of pyridine rings is 1. The second kappa shape index (κ2) is 12.3. The minimum Gasteiger partial charge on any atom is -0.384 e. The number of likely N-dealkylation sites (N-methyl/N-ethyl adjacent to an activating group) is 1. The quantitative estimate of drug-likeness (QED) is 0.213. The minimum atomic E-state index is -0.298. The third kappa shape index (κ3) is 6.32. The van der Waals surface area contributed by atoms with Gasteiger partial charge in [-0.05, 0) is 105 Å². The number of aromatic amines is 2. The van der Waals surface area contributed by atoms with Crippen molar-refractivity contribution in [3.05, 3.63) is 74.2 Å². The standard InChI is InChI=1S/C30H33FIN7/c1-4-23-27(6-5-25(32)19-7-10-33-11-8-19)37-38-30(23)28-18-24-26(36-28)9-12-35-29(24)20-15-21(31)17-22(16-20)34-13-14-39(2)3/h4-7,9,12,15-18,33-34,36-37H,8,10-11,13-14H2,1-3H3/b23-4-,25-5-,27-6+. The zero-order valence-electron chi connectivity index (χ0n) is 22.4. The Hall–Kier alpha value is -3.28. The summed E-state index contributed by atoms with van der Waals surface area (Å²) in [6.07, 6.45) is 11.3. The van der Waals surface area contributed by atoms with Crippen molar-refractivity contribution in [3.8, 4) is 22.6 Å². The summed E-state index contributed by atoms with van der Waals surface area (Å²) in [6.45, 7) is 5.52. The summed E-state index contributed by atoms with van der Waals surface area (Å²) in [5.74, 6) is -0.298. The Morgan fingerprint density at radius 3 is 2.85 bits per heavy atom. The molecule has 0 saturated carbocycles. The largest absolute Gasteiger partial charge is 0.384 e. The van der Waals surface area contributed by atoms with Crippen LogP contribution in [0, 0.1) is 5.82 Å². The van der Waals surface area contributed by atoms with E-state index in [4.69, 9.17) is 0 Å². The summed E-state index contributed by atoms with van der Waals surface area (Å²) in [6, 6.07) is 8.99. The molecule has 1 aliphatic rings. The summed E-state index contributed by atoms with van der Waals surface area (Å²) in [4.78, 5) is 10.2. The van der Waals surface area contributed by atoms with Crippen LogP contribution in [-0.4, -0.2) is 65.3 Å². The molecular weight excluding hydrogens is 604 g/mol. The number of nitrogens with zero attached hydrogens (tertiary/aromatic N) is 3. The molecule has 4 heterocycles. The van der Waals surface area contributed by atoms with E-state index in [9.17, 15) is 4.39 Å². The highest BCUT2D eigenvalue weighted by atomic mass is 127. The zero-order chi connectivity index (χ0) is 27.4. The third-order valence-electron chi connectivity index (χ3n) is 6.75. The normalized spacial score (nSPS) is 15.4. The van der Waals surface area contributed by atoms with Crippen LogP contribution in [0.2, 0.25) is 0 Å². The van der Waals surface area contributed by atoms with Crippen molar-refractivity contribution in [2.75, 3.05) is 45.6 Å². The maximum Gasteiger partial charge on any atom is 0.125 e. The first-order chi connectivity index (χ1) is 18.9. The van der Waals surface area contributed by atoms with Crippen LogP contribution in [0.5, 0.6) is 0 Å². The van der Waals surface area contributed by atoms with Gasteiger partial charge in [-0.2, -0.15) is 5.10 Å². The lowest BCUT2D eigenvalue weighted by atomic mass is 10.1. The average Bonchev–Trinajstić information content (AvgIpc) is 3.55. The van der Waals surface area contributed by atoms with E-state index < -0.39 is 0 Å². The second-order valence-electron chi connectivity index (χ2n) is 9.82. The van der Waals surface area contributed by atoms with Crippen LogP contribution in [0.3, 0.4) is 0 Å². The van der Waals surface area contributed by atoms with Crippen LogP contribution < -0.4 is 21.2 Å². The summed E-state index contributed by atoms with van der Waals surface area (Å²) < 4.78 is 15.8. The molecule has 0 amide bonds. The van der Waals surface area contributed by atoms with Crippen LogP contribution >= 0.6 is 22.6 Å². The molecule has 4 aromatic rings. The molecule has 7 nitrogen and oxygen atoms in total. The number of halogens is 2. The molecule has 9 heteroatoms. The van der Waals surface area contributed by atoms with Crippen LogP contribution in [0.1, 0.15) is 13.3 Å². The molecule has 1 aromatic carbocycles. The topological polar surface area (TPSA) is 84.7 Å². The van der Waals surface area contributed by atoms with Crippen LogP contribution in [0.15, 0.2) is 57.8 Å². The number of rotatable bonds is 8. The Morgan fingerprint density at radius 2 is 2.08 bits per heavy atom. The molecular formula is C30H33FIN7. The molecule has 0 spiro atoms. The fourth-order valence-corrected chi connectivity index (χ4v) is 5.43. The van der Waals surface area contributed by atoms with Gasteiger partial charge in [0.2, 0.25) is 0 Å². The zero-order valence-corrected chi connectivity index (χ0v) is 24.6. The number of aromatic nitrogens is 4. The number of hydrogen-bond donors (Lipinski definition) is 4. The van der Waals surface area contributed by atoms with Gasteiger partial charge in [0.15, 0.2) is 0 Å². The fraction of sp³-hybridized carbons (Fsp3) is 0.267. The minimum absolute atomic E-state index is 0.298. The Balaban J connectivity index is 1.50. The van der Waals surface area contributed by atoms with Crippen molar-refractivity contribution in [3.63, 3.8) is 0 Å². The molecule has 202 valence electrons. The van der Waals surface area contributed by atoms with Crippen molar-refractivity contribution in [2.24, 2.45) is 0 Å². The molecule has 0 unspecified atom stereocenters. The van der Waals surface area contributed by atoms with E-state index in [0.717, 1.165) is 82.4 Å². The van der Waals surface area contributed by atoms with Crippen molar-refractivity contribution in [1.82, 2.24) is 30.4 Å². The second-order valence-corrected chi connectivity index (χ2v) is 11.0.